The number of aliphatic hydroxyl groups excluding tert-OH is 1. The minimum absolute atomic E-state index is 0.0822. The minimum Gasteiger partial charge on any atom is -0.393 e. The first-order chi connectivity index (χ1) is 4.20. The number of aliphatic hydroxyl groups is 1. The molecular weight excluding hydrogens is 114 g/mol. The van der Waals surface area contributed by atoms with Gasteiger partial charge in [-0.25, -0.2) is 0 Å². The van der Waals surface area contributed by atoms with Crippen LogP contribution in [0.4, 0.5) is 0 Å². The van der Waals surface area contributed by atoms with Gasteiger partial charge in [0.1, 0.15) is 0 Å². The Kier molecular flexibility index (Phi) is 2.09. The van der Waals surface area contributed by atoms with E-state index in [1.165, 1.54) is 0 Å². The third-order valence-corrected chi connectivity index (χ3v) is 2.04. The van der Waals surface area contributed by atoms with Crippen LogP contribution < -0.4 is 5.32 Å². The maximum atomic E-state index is 9.31. The molecule has 0 aromatic rings. The molecule has 0 bridgehead atoms. The molecule has 2 N–H and O–H groups in total. The zero-order chi connectivity index (χ0) is 6.85. The first kappa shape index (κ1) is 7.03. The fourth-order valence-electron chi connectivity index (χ4n) is 1.20. The van der Waals surface area contributed by atoms with Gasteiger partial charge >= 0.3 is 0 Å². The predicted molar refractivity (Wildman–Crippen MR) is 37.3 cm³/mol. The molecule has 54 valence electrons. The summed E-state index contributed by atoms with van der Waals surface area (Å²) in [7, 11) is 0. The molecule has 9 heavy (non-hydrogen) atoms. The van der Waals surface area contributed by atoms with Crippen molar-refractivity contribution in [1.29, 1.82) is 0 Å². The molecule has 0 aliphatic carbocycles. The zero-order valence-corrected chi connectivity index (χ0v) is 6.09. The van der Waals surface area contributed by atoms with E-state index in [9.17, 15) is 5.11 Å². The average molecular weight is 129 g/mol. The molecule has 0 amide bonds. The van der Waals surface area contributed by atoms with E-state index in [0.29, 0.717) is 12.0 Å². The molecule has 1 aliphatic heterocycles. The molecular formula is C7H15NO. The lowest BCUT2D eigenvalue weighted by Gasteiger charge is -2.29. The molecule has 0 aromatic heterocycles. The van der Waals surface area contributed by atoms with Crippen molar-refractivity contribution in [2.45, 2.75) is 32.4 Å². The number of hydrogen-bond donors (Lipinski definition) is 2. The molecule has 1 aliphatic rings. The summed E-state index contributed by atoms with van der Waals surface area (Å²) in [4.78, 5) is 0. The van der Waals surface area contributed by atoms with Gasteiger partial charge in [0, 0.05) is 12.6 Å². The highest BCUT2D eigenvalue weighted by molar-refractivity contribution is 4.78. The van der Waals surface area contributed by atoms with Gasteiger partial charge in [0.25, 0.3) is 0 Å². The lowest BCUT2D eigenvalue weighted by atomic mass is 9.94. The van der Waals surface area contributed by atoms with E-state index >= 15 is 0 Å². The van der Waals surface area contributed by atoms with Gasteiger partial charge in [-0.2, -0.15) is 0 Å². The molecule has 1 fully saturated rings. The number of rotatable bonds is 0. The summed E-state index contributed by atoms with van der Waals surface area (Å²) in [6.07, 6.45) is 0.822. The van der Waals surface area contributed by atoms with Crippen molar-refractivity contribution in [3.05, 3.63) is 0 Å². The van der Waals surface area contributed by atoms with Gasteiger partial charge in [-0.3, -0.25) is 0 Å². The van der Waals surface area contributed by atoms with Crippen molar-refractivity contribution in [2.24, 2.45) is 5.92 Å². The van der Waals surface area contributed by atoms with Crippen LogP contribution in [-0.4, -0.2) is 23.8 Å². The van der Waals surface area contributed by atoms with Crippen LogP contribution in [0.25, 0.3) is 0 Å². The van der Waals surface area contributed by atoms with Crippen molar-refractivity contribution in [3.8, 4) is 0 Å². The summed E-state index contributed by atoms with van der Waals surface area (Å²) in [5.74, 6) is 0.432. The lowest BCUT2D eigenvalue weighted by Crippen LogP contribution is -2.43. The molecule has 1 unspecified atom stereocenters. The molecule has 0 radical (unpaired) electrons. The van der Waals surface area contributed by atoms with Crippen LogP contribution in [-0.2, 0) is 0 Å². The van der Waals surface area contributed by atoms with Crippen LogP contribution in [0, 0.1) is 5.92 Å². The van der Waals surface area contributed by atoms with Crippen molar-refractivity contribution in [1.82, 2.24) is 5.32 Å². The van der Waals surface area contributed by atoms with Crippen molar-refractivity contribution in [3.63, 3.8) is 0 Å². The van der Waals surface area contributed by atoms with Crippen LogP contribution in [0.2, 0.25) is 0 Å². The Morgan fingerprint density at radius 1 is 1.44 bits per heavy atom. The summed E-state index contributed by atoms with van der Waals surface area (Å²) in [6.45, 7) is 5.14. The van der Waals surface area contributed by atoms with E-state index in [1.807, 2.05) is 0 Å². The first-order valence-corrected chi connectivity index (χ1v) is 3.61. The van der Waals surface area contributed by atoms with Gasteiger partial charge in [0.15, 0.2) is 0 Å². The normalized spacial score (nSPS) is 45.0. The van der Waals surface area contributed by atoms with Crippen molar-refractivity contribution < 1.29 is 5.11 Å². The second-order valence-corrected chi connectivity index (χ2v) is 3.09. The molecule has 0 aromatic carbocycles. The summed E-state index contributed by atoms with van der Waals surface area (Å²) in [6, 6.07) is 0.496. The fraction of sp³-hybridized carbons (Fsp3) is 1.00. The van der Waals surface area contributed by atoms with Crippen LogP contribution in [0.3, 0.4) is 0 Å². The zero-order valence-electron chi connectivity index (χ0n) is 6.09. The minimum atomic E-state index is -0.0822. The van der Waals surface area contributed by atoms with Crippen LogP contribution in [0.15, 0.2) is 0 Å². The SMILES string of the molecule is C[C@@H]1CC(O)[C@H](C)CN1. The summed E-state index contributed by atoms with van der Waals surface area (Å²) in [5, 5.41) is 12.6. The summed E-state index contributed by atoms with van der Waals surface area (Å²) >= 11 is 0. The third kappa shape index (κ3) is 1.66. The predicted octanol–water partition coefficient (Wildman–Crippen LogP) is 0.365. The second kappa shape index (κ2) is 2.67. The topological polar surface area (TPSA) is 32.3 Å². The second-order valence-electron chi connectivity index (χ2n) is 3.09. The van der Waals surface area contributed by atoms with Gasteiger partial charge in [-0.05, 0) is 19.3 Å². The standard InChI is InChI=1S/C7H15NO/c1-5-4-8-6(2)3-7(5)9/h5-9H,3-4H2,1-2H3/t5-,6-,7?/m1/s1. The quantitative estimate of drug-likeness (QED) is 0.495. The smallest absolute Gasteiger partial charge is 0.0592 e. The van der Waals surface area contributed by atoms with Crippen LogP contribution >= 0.6 is 0 Å². The average Bonchev–Trinajstić information content (AvgIpc) is 1.80. The molecule has 3 atom stereocenters. The Balaban J connectivity index is 2.35. The molecule has 0 saturated carbocycles. The Morgan fingerprint density at radius 3 is 2.56 bits per heavy atom. The Morgan fingerprint density at radius 2 is 2.11 bits per heavy atom. The highest BCUT2D eigenvalue weighted by Gasteiger charge is 2.22. The highest BCUT2D eigenvalue weighted by atomic mass is 16.3. The van der Waals surface area contributed by atoms with Crippen LogP contribution in [0.5, 0.6) is 0 Å². The van der Waals surface area contributed by atoms with Gasteiger partial charge in [0.05, 0.1) is 6.10 Å². The van der Waals surface area contributed by atoms with Crippen LogP contribution in [0.1, 0.15) is 20.3 Å². The van der Waals surface area contributed by atoms with E-state index in [1.54, 1.807) is 0 Å². The first-order valence-electron chi connectivity index (χ1n) is 3.61. The van der Waals surface area contributed by atoms with Gasteiger partial charge < -0.3 is 10.4 Å². The lowest BCUT2D eigenvalue weighted by molar-refractivity contribution is 0.0725. The van der Waals surface area contributed by atoms with E-state index in [4.69, 9.17) is 0 Å². The molecule has 2 nitrogen and oxygen atoms in total. The van der Waals surface area contributed by atoms with E-state index in [2.05, 4.69) is 19.2 Å². The number of hydrogen-bond acceptors (Lipinski definition) is 2. The van der Waals surface area contributed by atoms with Crippen molar-refractivity contribution >= 4 is 0 Å². The molecule has 1 heterocycles. The largest absolute Gasteiger partial charge is 0.393 e. The van der Waals surface area contributed by atoms with E-state index < -0.39 is 0 Å². The molecule has 2 heteroatoms. The maximum absolute atomic E-state index is 9.31. The van der Waals surface area contributed by atoms with Crippen molar-refractivity contribution in [2.75, 3.05) is 6.54 Å². The fourth-order valence-corrected chi connectivity index (χ4v) is 1.20. The monoisotopic (exact) mass is 129 g/mol. The summed E-state index contributed by atoms with van der Waals surface area (Å²) in [5.41, 5.74) is 0. The third-order valence-electron chi connectivity index (χ3n) is 2.04. The summed E-state index contributed by atoms with van der Waals surface area (Å²) < 4.78 is 0. The Labute approximate surface area is 56.3 Å². The van der Waals surface area contributed by atoms with Gasteiger partial charge in [-0.1, -0.05) is 6.92 Å². The Bertz CT molecular complexity index is 94.9. The maximum Gasteiger partial charge on any atom is 0.0592 e. The number of piperidine rings is 1. The van der Waals surface area contributed by atoms with E-state index in [-0.39, 0.29) is 6.10 Å². The van der Waals surface area contributed by atoms with Gasteiger partial charge in [-0.15, -0.1) is 0 Å². The molecule has 1 saturated heterocycles. The van der Waals surface area contributed by atoms with Gasteiger partial charge in [0.2, 0.25) is 0 Å². The number of nitrogens with one attached hydrogen (secondary N) is 1. The molecule has 1 rings (SSSR count). The molecule has 0 spiro atoms. The highest BCUT2D eigenvalue weighted by Crippen LogP contribution is 2.13. The van der Waals surface area contributed by atoms with E-state index in [0.717, 1.165) is 13.0 Å². The Hall–Kier alpha value is -0.0800.